The Bertz CT molecular complexity index is 1230. The minimum atomic E-state index is -4.23. The predicted molar refractivity (Wildman–Crippen MR) is 140 cm³/mol. The summed E-state index contributed by atoms with van der Waals surface area (Å²) < 4.78 is 38.2. The van der Waals surface area contributed by atoms with E-state index in [2.05, 4.69) is 20.2 Å². The van der Waals surface area contributed by atoms with Crippen molar-refractivity contribution in [2.75, 3.05) is 31.6 Å². The van der Waals surface area contributed by atoms with Crippen molar-refractivity contribution in [3.8, 4) is 0 Å². The molecule has 2 aliphatic rings. The summed E-state index contributed by atoms with van der Waals surface area (Å²) in [5.41, 5.74) is 2.42. The molecule has 1 fully saturated rings. The number of alkyl halides is 3. The van der Waals surface area contributed by atoms with Gasteiger partial charge in [0.1, 0.15) is 6.54 Å². The van der Waals surface area contributed by atoms with Crippen LogP contribution < -0.4 is 10.2 Å². The van der Waals surface area contributed by atoms with E-state index in [-0.39, 0.29) is 11.9 Å². The first kappa shape index (κ1) is 25.9. The number of pyridine rings is 1. The van der Waals surface area contributed by atoms with Crippen molar-refractivity contribution in [2.24, 2.45) is 5.92 Å². The first-order valence-electron chi connectivity index (χ1n) is 12.9. The third-order valence-corrected chi connectivity index (χ3v) is 8.74. The van der Waals surface area contributed by atoms with Crippen LogP contribution in [0, 0.1) is 5.92 Å². The molecule has 1 aliphatic heterocycles. The molecule has 6 nitrogen and oxygen atoms in total. The molecule has 198 valence electrons. The van der Waals surface area contributed by atoms with Crippen LogP contribution in [0.2, 0.25) is 0 Å². The molecular weight excluding hydrogens is 499 g/mol. The molecule has 37 heavy (non-hydrogen) atoms. The molecule has 1 N–H and O–H groups in total. The van der Waals surface area contributed by atoms with E-state index in [1.807, 2.05) is 30.3 Å². The van der Waals surface area contributed by atoms with Gasteiger partial charge in [-0.2, -0.15) is 13.2 Å². The summed E-state index contributed by atoms with van der Waals surface area (Å²) in [7, 11) is 1.45. The molecule has 3 aromatic rings. The minimum Gasteiger partial charge on any atom is -0.349 e. The molecule has 1 aromatic carbocycles. The Hall–Kier alpha value is -2.72. The molecule has 0 spiro atoms. The highest BCUT2D eigenvalue weighted by molar-refractivity contribution is 7.15. The van der Waals surface area contributed by atoms with E-state index in [1.165, 1.54) is 23.3 Å². The zero-order valence-corrected chi connectivity index (χ0v) is 21.7. The average Bonchev–Trinajstić information content (AvgIpc) is 3.31. The number of benzene rings is 1. The summed E-state index contributed by atoms with van der Waals surface area (Å²) >= 11 is 1.39. The Morgan fingerprint density at radius 1 is 1.19 bits per heavy atom. The van der Waals surface area contributed by atoms with Gasteiger partial charge in [0.25, 0.3) is 5.91 Å². The molecule has 0 unspecified atom stereocenters. The van der Waals surface area contributed by atoms with E-state index >= 15 is 0 Å². The Balaban J connectivity index is 1.07. The highest BCUT2D eigenvalue weighted by Crippen LogP contribution is 2.33. The fourth-order valence-corrected chi connectivity index (χ4v) is 6.47. The topological polar surface area (TPSA) is 61.4 Å². The van der Waals surface area contributed by atoms with Gasteiger partial charge in [0.05, 0.1) is 11.2 Å². The van der Waals surface area contributed by atoms with Crippen LogP contribution in [0.1, 0.15) is 53.0 Å². The number of fused-ring (bicyclic) bond motifs is 2. The zero-order chi connectivity index (χ0) is 26.0. The van der Waals surface area contributed by atoms with Crippen molar-refractivity contribution in [3.05, 3.63) is 52.7 Å². The van der Waals surface area contributed by atoms with Gasteiger partial charge in [-0.25, -0.2) is 4.98 Å². The van der Waals surface area contributed by atoms with Gasteiger partial charge in [0.15, 0.2) is 5.13 Å². The molecule has 1 aliphatic carbocycles. The van der Waals surface area contributed by atoms with E-state index < -0.39 is 12.7 Å². The van der Waals surface area contributed by atoms with Gasteiger partial charge < -0.3 is 10.2 Å². The van der Waals surface area contributed by atoms with Gasteiger partial charge in [-0.1, -0.05) is 12.1 Å². The first-order valence-corrected chi connectivity index (χ1v) is 13.7. The van der Waals surface area contributed by atoms with Crippen LogP contribution in [0.3, 0.4) is 0 Å². The lowest BCUT2D eigenvalue weighted by Crippen LogP contribution is -2.38. The van der Waals surface area contributed by atoms with E-state index in [0.717, 1.165) is 73.1 Å². The number of nitrogens with one attached hydrogen (secondary N) is 1. The summed E-state index contributed by atoms with van der Waals surface area (Å²) in [5, 5.41) is 4.55. The van der Waals surface area contributed by atoms with Crippen LogP contribution >= 0.6 is 11.3 Å². The highest BCUT2D eigenvalue weighted by atomic mass is 32.1. The maximum atomic E-state index is 12.9. The molecule has 0 atom stereocenters. The number of anilines is 1. The maximum Gasteiger partial charge on any atom is 0.405 e. The van der Waals surface area contributed by atoms with E-state index in [4.69, 9.17) is 0 Å². The highest BCUT2D eigenvalue weighted by Gasteiger charge is 2.31. The van der Waals surface area contributed by atoms with Gasteiger partial charge in [-0.15, -0.1) is 11.3 Å². The fourth-order valence-electron chi connectivity index (χ4n) is 5.45. The molecule has 2 aromatic heterocycles. The van der Waals surface area contributed by atoms with Gasteiger partial charge in [0.2, 0.25) is 0 Å². The quantitative estimate of drug-likeness (QED) is 0.441. The second kappa shape index (κ2) is 10.9. The molecule has 0 saturated heterocycles. The lowest BCUT2D eigenvalue weighted by molar-refractivity contribution is -0.119. The summed E-state index contributed by atoms with van der Waals surface area (Å²) in [6.45, 7) is 1.61. The number of thiazole rings is 1. The molecule has 10 heteroatoms. The Kier molecular flexibility index (Phi) is 7.67. The number of halogens is 3. The predicted octanol–water partition coefficient (Wildman–Crippen LogP) is 5.43. The number of nitrogens with zero attached hydrogens (tertiary/aromatic N) is 4. The number of aromatic nitrogens is 2. The molecule has 3 heterocycles. The van der Waals surface area contributed by atoms with E-state index in [0.29, 0.717) is 23.2 Å². The van der Waals surface area contributed by atoms with Crippen molar-refractivity contribution >= 4 is 33.3 Å². The molecule has 1 amide bonds. The second-order valence-electron chi connectivity index (χ2n) is 10.2. The summed E-state index contributed by atoms with van der Waals surface area (Å²) in [5.74, 6) is 0.592. The summed E-state index contributed by atoms with van der Waals surface area (Å²) in [6.07, 6.45) is 3.57. The molecule has 5 rings (SSSR count). The molecular formula is C27H32F3N5OS. The largest absolute Gasteiger partial charge is 0.405 e. The second-order valence-corrected chi connectivity index (χ2v) is 11.3. The van der Waals surface area contributed by atoms with Gasteiger partial charge in [-0.05, 0) is 69.2 Å². The first-order chi connectivity index (χ1) is 17.7. The van der Waals surface area contributed by atoms with Crippen LogP contribution in [-0.4, -0.2) is 59.7 Å². The molecule has 0 bridgehead atoms. The third kappa shape index (κ3) is 6.41. The SMILES string of the molecule is CN(CC(F)(F)F)c1nc2c(s1)CCN(CCC1CCC(NC(=O)c3cccc4ncccc34)CC1)C2. The van der Waals surface area contributed by atoms with Gasteiger partial charge >= 0.3 is 6.18 Å². The van der Waals surface area contributed by atoms with Crippen molar-refractivity contribution in [1.29, 1.82) is 0 Å². The Morgan fingerprint density at radius 3 is 2.78 bits per heavy atom. The van der Waals surface area contributed by atoms with Gasteiger partial charge in [0, 0.05) is 48.2 Å². The van der Waals surface area contributed by atoms with Crippen LogP contribution in [0.5, 0.6) is 0 Å². The van der Waals surface area contributed by atoms with Crippen LogP contribution in [-0.2, 0) is 13.0 Å². The molecule has 0 radical (unpaired) electrons. The number of amides is 1. The lowest BCUT2D eigenvalue weighted by atomic mass is 9.84. The number of carbonyl (C=O) groups is 1. The monoisotopic (exact) mass is 531 g/mol. The Labute approximate surface area is 218 Å². The van der Waals surface area contributed by atoms with Crippen LogP contribution in [0.4, 0.5) is 18.3 Å². The standard InChI is InChI=1S/C27H32F3N5OS/c1-34(17-27(28,29)30)26-33-23-16-35(15-12-24(23)37-26)14-11-18-7-9-19(10-8-18)32-25(36)21-4-2-6-22-20(21)5-3-13-31-22/h2-6,13,18-19H,7-12,14-17H2,1H3,(H,32,36). The third-order valence-electron chi connectivity index (χ3n) is 7.46. The Morgan fingerprint density at radius 2 is 2.00 bits per heavy atom. The van der Waals surface area contributed by atoms with Crippen molar-refractivity contribution in [1.82, 2.24) is 20.2 Å². The van der Waals surface area contributed by atoms with Crippen molar-refractivity contribution in [2.45, 2.75) is 57.3 Å². The smallest absolute Gasteiger partial charge is 0.349 e. The van der Waals surface area contributed by atoms with E-state index in [1.54, 1.807) is 6.20 Å². The number of hydrogen-bond acceptors (Lipinski definition) is 6. The number of hydrogen-bond donors (Lipinski definition) is 1. The van der Waals surface area contributed by atoms with Crippen molar-refractivity contribution in [3.63, 3.8) is 0 Å². The summed E-state index contributed by atoms with van der Waals surface area (Å²) in [4.78, 5) is 26.5. The van der Waals surface area contributed by atoms with Gasteiger partial charge in [-0.3, -0.25) is 14.7 Å². The lowest BCUT2D eigenvalue weighted by Gasteiger charge is -2.32. The zero-order valence-electron chi connectivity index (χ0n) is 20.9. The molecule has 1 saturated carbocycles. The van der Waals surface area contributed by atoms with E-state index in [9.17, 15) is 18.0 Å². The fraction of sp³-hybridized carbons (Fsp3) is 0.519. The maximum absolute atomic E-state index is 12.9. The van der Waals surface area contributed by atoms with Crippen molar-refractivity contribution < 1.29 is 18.0 Å². The summed E-state index contributed by atoms with van der Waals surface area (Å²) in [6, 6.07) is 9.63. The van der Waals surface area contributed by atoms with Crippen LogP contribution in [0.15, 0.2) is 36.5 Å². The average molecular weight is 532 g/mol. The number of carbonyl (C=O) groups excluding carboxylic acids is 1. The number of rotatable bonds is 7. The van der Waals surface area contributed by atoms with Crippen LogP contribution in [0.25, 0.3) is 10.9 Å². The minimum absolute atomic E-state index is 0.0327. The normalized spacial score (nSPS) is 20.5.